The Hall–Kier alpha value is -7.47. The van der Waals surface area contributed by atoms with E-state index in [1.54, 1.807) is 42.9 Å². The minimum atomic E-state index is -0.731. The van der Waals surface area contributed by atoms with E-state index in [1.165, 1.54) is 24.4 Å². The number of carbonyl (C=O) groups is 2. The third kappa shape index (κ3) is 6.53. The molecule has 386 valence electrons. The zero-order valence-electron chi connectivity index (χ0n) is 41.4. The topological polar surface area (TPSA) is 137 Å². The van der Waals surface area contributed by atoms with Crippen LogP contribution in [-0.2, 0) is 16.0 Å². The summed E-state index contributed by atoms with van der Waals surface area (Å²) in [6, 6.07) is 17.7. The summed E-state index contributed by atoms with van der Waals surface area (Å²) in [7, 11) is 2.09. The molecule has 8 fully saturated rings. The molecule has 10 heterocycles. The van der Waals surface area contributed by atoms with Crippen molar-refractivity contribution in [2.45, 2.75) is 55.5 Å². The van der Waals surface area contributed by atoms with Crippen molar-refractivity contribution in [1.82, 2.24) is 44.6 Å². The number of amides is 2. The van der Waals surface area contributed by atoms with Gasteiger partial charge in [-0.2, -0.15) is 9.97 Å². The summed E-state index contributed by atoms with van der Waals surface area (Å²) in [6.45, 7) is 9.92. The maximum atomic E-state index is 17.3. The molecule has 6 aliphatic heterocycles. The third-order valence-corrected chi connectivity index (χ3v) is 19.1. The van der Waals surface area contributed by atoms with E-state index in [4.69, 9.17) is 42.9 Å². The second-order valence-electron chi connectivity index (χ2n) is 21.6. The number of benzene rings is 4. The summed E-state index contributed by atoms with van der Waals surface area (Å²) < 4.78 is 54.9. The highest BCUT2D eigenvalue weighted by Crippen LogP contribution is 2.88. The molecule has 2 aliphatic carbocycles. The summed E-state index contributed by atoms with van der Waals surface area (Å²) in [4.78, 5) is 64.0. The Labute approximate surface area is 448 Å². The molecule has 8 aromatic rings. The van der Waals surface area contributed by atoms with E-state index >= 15 is 8.78 Å². The standard InChI is InChI=1S/C58H46Cl2F3N11O3/c1-4-43(75)71-16-14-38-40(71)23-73(38)55-32-21-64-36(19-37(32)66-26-67-55)30-10-7-9-29-28(18-35(62)50(60)46(29)30)20-58-47-42(70(3)54(58)48(47)58)25-77-57-68-53-33(56(69-57)74-24-41-39(74)15-17-72(41)44(76)5-2)22-65-52(51(53)63)31-11-6-8-27-12-13-34(61)49(59)45(27)31/h4-13,18-19,21-22,26,38-42,47-48,54H,1-2,14-17,20,23-25H2,3H3/t38-,39-,40-,41-,42-,47-,48-,54?,58?/m1/s1. The van der Waals surface area contributed by atoms with Gasteiger partial charge in [-0.1, -0.05) is 78.8 Å². The lowest BCUT2D eigenvalue weighted by atomic mass is 9.90. The summed E-state index contributed by atoms with van der Waals surface area (Å²) in [5.74, 6) is -0.232. The van der Waals surface area contributed by atoms with Crippen LogP contribution in [0.3, 0.4) is 0 Å². The van der Waals surface area contributed by atoms with Gasteiger partial charge >= 0.3 is 6.01 Å². The Morgan fingerprint density at radius 2 is 1.45 bits per heavy atom. The molecule has 77 heavy (non-hydrogen) atoms. The summed E-state index contributed by atoms with van der Waals surface area (Å²) >= 11 is 13.4. The predicted molar refractivity (Wildman–Crippen MR) is 287 cm³/mol. The molecule has 0 radical (unpaired) electrons. The van der Waals surface area contributed by atoms with Crippen LogP contribution in [-0.4, -0.2) is 133 Å². The fourth-order valence-electron chi connectivity index (χ4n) is 14.7. The lowest BCUT2D eigenvalue weighted by molar-refractivity contribution is -0.128. The molecule has 9 atom stereocenters. The SMILES string of the molecule is C=CC(=O)N1CC[C@@H]2[C@H]1CN2c1ncnc2cc(-c3cccc4c(CC56C7[C@H]5[C@H]6[C@@H](COc5nc(N6C[C@@H]8[C@H]6CCN8C(=O)C=C)c6cnc(-c8cccc9ccc(F)c(Cl)c89)c(F)c6n5)N7C)cc(F)c(Cl)c34)ncc12. The van der Waals surface area contributed by atoms with Crippen LogP contribution in [0.15, 0.2) is 105 Å². The van der Waals surface area contributed by atoms with Crippen molar-refractivity contribution < 1.29 is 27.5 Å². The summed E-state index contributed by atoms with van der Waals surface area (Å²) in [5.41, 5.74) is 2.99. The molecule has 2 saturated carbocycles. The van der Waals surface area contributed by atoms with Gasteiger partial charge in [-0.25, -0.2) is 23.1 Å². The molecular weight excluding hydrogens is 1030 g/mol. The van der Waals surface area contributed by atoms with E-state index in [-0.39, 0.29) is 93.3 Å². The number of nitrogens with zero attached hydrogens (tertiary/aromatic N) is 11. The highest BCUT2D eigenvalue weighted by molar-refractivity contribution is 6.37. The van der Waals surface area contributed by atoms with Crippen LogP contribution in [0.5, 0.6) is 6.01 Å². The van der Waals surface area contributed by atoms with E-state index in [0.29, 0.717) is 94.6 Å². The third-order valence-electron chi connectivity index (χ3n) is 18.4. The van der Waals surface area contributed by atoms with Gasteiger partial charge in [0.25, 0.3) is 0 Å². The van der Waals surface area contributed by atoms with Crippen molar-refractivity contribution in [2.75, 3.05) is 49.6 Å². The maximum Gasteiger partial charge on any atom is 0.319 e. The van der Waals surface area contributed by atoms with Crippen LogP contribution in [0.25, 0.3) is 65.9 Å². The number of halogens is 5. The van der Waals surface area contributed by atoms with Crippen LogP contribution in [0.1, 0.15) is 18.4 Å². The van der Waals surface area contributed by atoms with E-state index in [9.17, 15) is 14.0 Å². The lowest BCUT2D eigenvalue weighted by Crippen LogP contribution is -2.63. The Balaban J connectivity index is 0.718. The molecule has 2 unspecified atom stereocenters. The van der Waals surface area contributed by atoms with Gasteiger partial charge in [0.1, 0.15) is 47.4 Å². The Morgan fingerprint density at radius 3 is 2.19 bits per heavy atom. The highest BCUT2D eigenvalue weighted by Gasteiger charge is 2.93. The number of aromatic nitrogens is 6. The molecule has 16 rings (SSSR count). The number of anilines is 2. The number of ether oxygens (including phenoxy) is 1. The zero-order valence-corrected chi connectivity index (χ0v) is 42.9. The van der Waals surface area contributed by atoms with E-state index in [2.05, 4.69) is 49.9 Å². The number of pyridine rings is 2. The Kier molecular flexibility index (Phi) is 10.2. The first-order valence-electron chi connectivity index (χ1n) is 25.9. The molecule has 0 N–H and O–H groups in total. The highest BCUT2D eigenvalue weighted by atomic mass is 35.5. The van der Waals surface area contributed by atoms with Crippen LogP contribution < -0.4 is 14.5 Å². The molecule has 4 aromatic heterocycles. The predicted octanol–water partition coefficient (Wildman–Crippen LogP) is 9.23. The number of fused-ring (bicyclic) bond motifs is 7. The Bertz CT molecular complexity index is 3980. The van der Waals surface area contributed by atoms with Crippen LogP contribution in [0, 0.1) is 34.7 Å². The summed E-state index contributed by atoms with van der Waals surface area (Å²) in [6.07, 6.45) is 9.70. The Morgan fingerprint density at radius 1 is 0.753 bits per heavy atom. The number of carbonyl (C=O) groups excluding carboxylic acids is 2. The second kappa shape index (κ2) is 16.8. The van der Waals surface area contributed by atoms with Gasteiger partial charge in [-0.05, 0) is 90.2 Å². The van der Waals surface area contributed by atoms with Gasteiger partial charge in [0, 0.05) is 72.6 Å². The van der Waals surface area contributed by atoms with Crippen LogP contribution in [0.4, 0.5) is 24.8 Å². The minimum Gasteiger partial charge on any atom is -0.462 e. The van der Waals surface area contributed by atoms with Gasteiger partial charge in [0.15, 0.2) is 5.82 Å². The van der Waals surface area contributed by atoms with E-state index < -0.39 is 17.5 Å². The van der Waals surface area contributed by atoms with E-state index in [1.807, 2.05) is 34.1 Å². The van der Waals surface area contributed by atoms with Crippen molar-refractivity contribution in [3.05, 3.63) is 138 Å². The smallest absolute Gasteiger partial charge is 0.319 e. The first kappa shape index (κ1) is 46.8. The molecular formula is C58H46Cl2F3N11O3. The average Bonchev–Trinajstić information content (AvgIpc) is 2.87. The van der Waals surface area contributed by atoms with Crippen molar-refractivity contribution >= 4 is 90.0 Å². The fraction of sp³-hybridized carbons (Fsp3) is 0.310. The van der Waals surface area contributed by atoms with Crippen molar-refractivity contribution in [1.29, 1.82) is 0 Å². The van der Waals surface area contributed by atoms with Gasteiger partial charge in [0.05, 0.1) is 56.2 Å². The van der Waals surface area contributed by atoms with Crippen LogP contribution >= 0.6 is 23.2 Å². The monoisotopic (exact) mass is 1070 g/mol. The first-order chi connectivity index (χ1) is 37.4. The van der Waals surface area contributed by atoms with Gasteiger partial charge < -0.3 is 24.3 Å². The van der Waals surface area contributed by atoms with Gasteiger partial charge in [-0.15, -0.1) is 0 Å². The van der Waals surface area contributed by atoms with E-state index in [0.717, 1.165) is 28.6 Å². The minimum absolute atomic E-state index is 0.00728. The number of likely N-dealkylation sites (N-methyl/N-ethyl adjacent to an activating group) is 1. The van der Waals surface area contributed by atoms with Gasteiger partial charge in [-0.3, -0.25) is 24.5 Å². The zero-order chi connectivity index (χ0) is 52.5. The molecule has 6 saturated heterocycles. The lowest BCUT2D eigenvalue weighted by Gasteiger charge is -2.47. The number of piperidine rings is 1. The normalized spacial score (nSPS) is 26.5. The fourth-order valence-corrected chi connectivity index (χ4v) is 15.2. The molecule has 4 aromatic carbocycles. The first-order valence-corrected chi connectivity index (χ1v) is 26.6. The van der Waals surface area contributed by atoms with Crippen LogP contribution in [0.2, 0.25) is 10.0 Å². The van der Waals surface area contributed by atoms with Gasteiger partial charge in [0.2, 0.25) is 11.8 Å². The molecule has 2 bridgehead atoms. The van der Waals surface area contributed by atoms with Crippen molar-refractivity contribution in [3.63, 3.8) is 0 Å². The maximum absolute atomic E-state index is 17.3. The van der Waals surface area contributed by atoms with Crippen molar-refractivity contribution in [3.8, 4) is 28.5 Å². The van der Waals surface area contributed by atoms with Crippen molar-refractivity contribution in [2.24, 2.45) is 17.3 Å². The quantitative estimate of drug-likeness (QED) is 0.114. The molecule has 2 amide bonds. The molecule has 0 spiro atoms. The molecule has 14 nitrogen and oxygen atoms in total. The number of hydrogen-bond acceptors (Lipinski definition) is 12. The second-order valence-corrected chi connectivity index (χ2v) is 22.3. The number of hydrogen-bond donors (Lipinski definition) is 0. The number of rotatable bonds is 11. The molecule has 8 aliphatic rings. The largest absolute Gasteiger partial charge is 0.462 e. The average molecular weight is 1070 g/mol. The number of likely N-dealkylation sites (tertiary alicyclic amines) is 2. The molecule has 19 heteroatoms. The summed E-state index contributed by atoms with van der Waals surface area (Å²) in [5, 5.41) is 3.44.